The van der Waals surface area contributed by atoms with Crippen molar-refractivity contribution in [2.24, 2.45) is 0 Å². The van der Waals surface area contributed by atoms with E-state index in [0.717, 1.165) is 11.6 Å². The van der Waals surface area contributed by atoms with Gasteiger partial charge in [0.2, 0.25) is 5.95 Å². The molecule has 0 saturated carbocycles. The Morgan fingerprint density at radius 3 is 2.39 bits per heavy atom. The Kier molecular flexibility index (Phi) is 5.62. The smallest absolute Gasteiger partial charge is 0.395 e. The van der Waals surface area contributed by atoms with Gasteiger partial charge in [-0.1, -0.05) is 23.7 Å². The molecule has 0 unspecified atom stereocenters. The van der Waals surface area contributed by atoms with Crippen molar-refractivity contribution >= 4 is 23.4 Å². The Hall–Kier alpha value is -2.06. The summed E-state index contributed by atoms with van der Waals surface area (Å²) in [5.74, 6) is -0.171. The Morgan fingerprint density at radius 1 is 1.09 bits per heavy atom. The van der Waals surface area contributed by atoms with Crippen LogP contribution in [0.1, 0.15) is 11.3 Å². The summed E-state index contributed by atoms with van der Waals surface area (Å²) in [4.78, 5) is 7.34. The summed E-state index contributed by atoms with van der Waals surface area (Å²) in [5.41, 5.74) is -0.224. The monoisotopic (exact) mass is 346 g/mol. The van der Waals surface area contributed by atoms with Crippen molar-refractivity contribution in [2.45, 2.75) is 12.7 Å². The molecule has 0 spiro atoms. The molecule has 0 amide bonds. The number of aliphatic hydroxyl groups excluding tert-OH is 1. The molecule has 0 saturated heterocycles. The van der Waals surface area contributed by atoms with Gasteiger partial charge in [-0.2, -0.15) is 18.2 Å². The molecule has 0 aliphatic heterocycles. The molecule has 1 heterocycles. The van der Waals surface area contributed by atoms with E-state index in [2.05, 4.69) is 20.6 Å². The van der Waals surface area contributed by atoms with Crippen molar-refractivity contribution in [3.8, 4) is 0 Å². The molecule has 0 aliphatic carbocycles. The highest BCUT2D eigenvalue weighted by Crippen LogP contribution is 2.29. The van der Waals surface area contributed by atoms with E-state index in [0.29, 0.717) is 5.02 Å². The maximum absolute atomic E-state index is 12.9. The highest BCUT2D eigenvalue weighted by Gasteiger charge is 2.33. The molecule has 1 aromatic heterocycles. The first-order chi connectivity index (χ1) is 10.9. The minimum atomic E-state index is -4.59. The van der Waals surface area contributed by atoms with Gasteiger partial charge in [-0.15, -0.1) is 0 Å². The van der Waals surface area contributed by atoms with Crippen LogP contribution in [0.2, 0.25) is 5.02 Å². The number of aliphatic hydroxyl groups is 1. The lowest BCUT2D eigenvalue weighted by Gasteiger charge is -2.12. The summed E-state index contributed by atoms with van der Waals surface area (Å²) in [6, 6.07) is 7.72. The van der Waals surface area contributed by atoms with Crippen LogP contribution >= 0.6 is 11.6 Å². The van der Waals surface area contributed by atoms with Crippen LogP contribution in [0.3, 0.4) is 0 Å². The van der Waals surface area contributed by atoms with Gasteiger partial charge in [0.05, 0.1) is 6.61 Å². The predicted molar refractivity (Wildman–Crippen MR) is 81.4 cm³/mol. The van der Waals surface area contributed by atoms with Crippen LogP contribution in [-0.2, 0) is 12.7 Å². The van der Waals surface area contributed by atoms with Gasteiger partial charge >= 0.3 is 6.18 Å². The number of hydrogen-bond donors (Lipinski definition) is 3. The van der Waals surface area contributed by atoms with Gasteiger partial charge in [0.15, 0.2) is 5.69 Å². The number of alkyl halides is 3. The fourth-order valence-corrected chi connectivity index (χ4v) is 1.85. The van der Waals surface area contributed by atoms with Crippen molar-refractivity contribution < 1.29 is 18.3 Å². The molecule has 1 aromatic carbocycles. The molecular weight excluding hydrogens is 333 g/mol. The number of rotatable bonds is 6. The molecule has 2 rings (SSSR count). The fraction of sp³-hybridized carbons (Fsp3) is 0.286. The van der Waals surface area contributed by atoms with Gasteiger partial charge in [-0.25, -0.2) is 4.98 Å². The lowest BCUT2D eigenvalue weighted by atomic mass is 10.2. The molecule has 0 aliphatic rings. The first-order valence-corrected chi connectivity index (χ1v) is 7.05. The summed E-state index contributed by atoms with van der Waals surface area (Å²) in [6.45, 7) is 0.0933. The predicted octanol–water partition coefficient (Wildman–Crippen LogP) is 3.17. The quantitative estimate of drug-likeness (QED) is 0.749. The van der Waals surface area contributed by atoms with Crippen molar-refractivity contribution in [1.29, 1.82) is 0 Å². The zero-order valence-electron chi connectivity index (χ0n) is 11.9. The molecule has 124 valence electrons. The van der Waals surface area contributed by atoms with Crippen molar-refractivity contribution in [3.05, 3.63) is 46.6 Å². The molecule has 2 aromatic rings. The fourth-order valence-electron chi connectivity index (χ4n) is 1.72. The van der Waals surface area contributed by atoms with Gasteiger partial charge < -0.3 is 15.7 Å². The SMILES string of the molecule is OCCNc1nc(NCc2ccc(Cl)cc2)cc(C(F)(F)F)n1. The van der Waals surface area contributed by atoms with E-state index in [1.807, 2.05) is 0 Å². The molecule has 0 radical (unpaired) electrons. The van der Waals surface area contributed by atoms with Crippen LogP contribution < -0.4 is 10.6 Å². The standard InChI is InChI=1S/C14H14ClF3N4O/c15-10-3-1-9(2-4-10)8-20-12-7-11(14(16,17)18)21-13(22-12)19-5-6-23/h1-4,7,23H,5-6,8H2,(H2,19,20,21,22). The summed E-state index contributed by atoms with van der Waals surface area (Å²) >= 11 is 5.77. The zero-order chi connectivity index (χ0) is 16.9. The summed E-state index contributed by atoms with van der Waals surface area (Å²) in [6.07, 6.45) is -4.59. The van der Waals surface area contributed by atoms with Gasteiger partial charge in [-0.3, -0.25) is 0 Å². The average Bonchev–Trinajstić information content (AvgIpc) is 2.51. The second-order valence-corrected chi connectivity index (χ2v) is 5.03. The molecular formula is C14H14ClF3N4O. The Morgan fingerprint density at radius 2 is 1.78 bits per heavy atom. The third-order valence-electron chi connectivity index (χ3n) is 2.80. The summed E-state index contributed by atoms with van der Waals surface area (Å²) < 4.78 is 38.6. The lowest BCUT2D eigenvalue weighted by molar-refractivity contribution is -0.141. The van der Waals surface area contributed by atoms with E-state index in [4.69, 9.17) is 16.7 Å². The van der Waals surface area contributed by atoms with E-state index >= 15 is 0 Å². The zero-order valence-corrected chi connectivity index (χ0v) is 12.6. The Bertz CT molecular complexity index is 649. The van der Waals surface area contributed by atoms with Crippen LogP contribution in [0.4, 0.5) is 24.9 Å². The summed E-state index contributed by atoms with van der Waals surface area (Å²) in [5, 5.41) is 14.6. The number of benzene rings is 1. The molecule has 5 nitrogen and oxygen atoms in total. The van der Waals surface area contributed by atoms with Crippen molar-refractivity contribution in [2.75, 3.05) is 23.8 Å². The lowest BCUT2D eigenvalue weighted by Crippen LogP contribution is -2.15. The first-order valence-electron chi connectivity index (χ1n) is 6.68. The van der Waals surface area contributed by atoms with E-state index < -0.39 is 11.9 Å². The van der Waals surface area contributed by atoms with E-state index in [9.17, 15) is 13.2 Å². The molecule has 9 heteroatoms. The Balaban J connectivity index is 2.17. The van der Waals surface area contributed by atoms with Gasteiger partial charge in [0.25, 0.3) is 0 Å². The number of nitrogens with one attached hydrogen (secondary N) is 2. The summed E-state index contributed by atoms with van der Waals surface area (Å²) in [7, 11) is 0. The van der Waals surface area contributed by atoms with E-state index in [1.54, 1.807) is 24.3 Å². The third kappa shape index (κ3) is 5.26. The van der Waals surface area contributed by atoms with Gasteiger partial charge in [-0.05, 0) is 17.7 Å². The first kappa shape index (κ1) is 17.3. The second-order valence-electron chi connectivity index (χ2n) is 4.59. The molecule has 23 heavy (non-hydrogen) atoms. The largest absolute Gasteiger partial charge is 0.433 e. The normalized spacial score (nSPS) is 11.3. The van der Waals surface area contributed by atoms with E-state index in [-0.39, 0.29) is 31.5 Å². The number of halogens is 4. The average molecular weight is 347 g/mol. The second kappa shape index (κ2) is 7.47. The topological polar surface area (TPSA) is 70.1 Å². The van der Waals surface area contributed by atoms with E-state index in [1.165, 1.54) is 0 Å². The number of nitrogens with zero attached hydrogens (tertiary/aromatic N) is 2. The maximum Gasteiger partial charge on any atom is 0.433 e. The maximum atomic E-state index is 12.9. The molecule has 0 fully saturated rings. The molecule has 0 atom stereocenters. The highest BCUT2D eigenvalue weighted by atomic mass is 35.5. The van der Waals surface area contributed by atoms with Crippen LogP contribution in [0.15, 0.2) is 30.3 Å². The minimum absolute atomic E-state index is 0.0303. The molecule has 0 bridgehead atoms. The van der Waals surface area contributed by atoms with Gasteiger partial charge in [0, 0.05) is 24.2 Å². The van der Waals surface area contributed by atoms with Crippen LogP contribution in [-0.4, -0.2) is 28.2 Å². The number of anilines is 2. The van der Waals surface area contributed by atoms with Crippen molar-refractivity contribution in [3.63, 3.8) is 0 Å². The van der Waals surface area contributed by atoms with Crippen molar-refractivity contribution in [1.82, 2.24) is 9.97 Å². The van der Waals surface area contributed by atoms with Gasteiger partial charge in [0.1, 0.15) is 5.82 Å². The highest BCUT2D eigenvalue weighted by molar-refractivity contribution is 6.30. The number of hydrogen-bond acceptors (Lipinski definition) is 5. The molecule has 3 N–H and O–H groups in total. The Labute approximate surface area is 135 Å². The van der Waals surface area contributed by atoms with Crippen LogP contribution in [0.25, 0.3) is 0 Å². The van der Waals surface area contributed by atoms with Crippen LogP contribution in [0.5, 0.6) is 0 Å². The third-order valence-corrected chi connectivity index (χ3v) is 3.05. The minimum Gasteiger partial charge on any atom is -0.395 e. The number of aromatic nitrogens is 2. The van der Waals surface area contributed by atoms with Crippen LogP contribution in [0, 0.1) is 0 Å².